The Morgan fingerprint density at radius 1 is 1.38 bits per heavy atom. The van der Waals surface area contributed by atoms with E-state index in [9.17, 15) is 4.79 Å². The Labute approximate surface area is 131 Å². The van der Waals surface area contributed by atoms with Gasteiger partial charge >= 0.3 is 12.0 Å². The van der Waals surface area contributed by atoms with Gasteiger partial charge in [0.2, 0.25) is 0 Å². The van der Waals surface area contributed by atoms with E-state index in [0.717, 1.165) is 10.0 Å². The Bertz CT molecular complexity index is 636. The SMILES string of the molecule is COc1nccc(NC(=O)N(C)Cc2ccccc2Br)n1. The lowest BCUT2D eigenvalue weighted by atomic mass is 10.2. The third-order valence-electron chi connectivity index (χ3n) is 2.76. The highest BCUT2D eigenvalue weighted by Crippen LogP contribution is 2.17. The maximum Gasteiger partial charge on any atom is 0.323 e. The van der Waals surface area contributed by atoms with Crippen molar-refractivity contribution in [2.24, 2.45) is 0 Å². The number of rotatable bonds is 4. The van der Waals surface area contributed by atoms with Crippen LogP contribution in [0.1, 0.15) is 5.56 Å². The van der Waals surface area contributed by atoms with Crippen LogP contribution in [0.4, 0.5) is 10.6 Å². The van der Waals surface area contributed by atoms with E-state index in [1.165, 1.54) is 13.3 Å². The first-order chi connectivity index (χ1) is 10.1. The number of hydrogen-bond acceptors (Lipinski definition) is 4. The largest absolute Gasteiger partial charge is 0.467 e. The summed E-state index contributed by atoms with van der Waals surface area (Å²) in [5, 5.41) is 2.70. The number of methoxy groups -OCH3 is 1. The highest BCUT2D eigenvalue weighted by molar-refractivity contribution is 9.10. The summed E-state index contributed by atoms with van der Waals surface area (Å²) in [6.45, 7) is 0.482. The van der Waals surface area contributed by atoms with E-state index in [0.29, 0.717) is 12.4 Å². The van der Waals surface area contributed by atoms with Gasteiger partial charge in [-0.1, -0.05) is 34.1 Å². The average molecular weight is 351 g/mol. The van der Waals surface area contributed by atoms with Crippen LogP contribution >= 0.6 is 15.9 Å². The van der Waals surface area contributed by atoms with Crippen LogP contribution < -0.4 is 10.1 Å². The van der Waals surface area contributed by atoms with Crippen LogP contribution in [0, 0.1) is 0 Å². The average Bonchev–Trinajstić information content (AvgIpc) is 2.49. The molecule has 0 unspecified atom stereocenters. The molecule has 0 atom stereocenters. The van der Waals surface area contributed by atoms with Crippen molar-refractivity contribution in [1.82, 2.24) is 14.9 Å². The van der Waals surface area contributed by atoms with E-state index in [2.05, 4.69) is 31.2 Å². The van der Waals surface area contributed by atoms with Gasteiger partial charge in [-0.05, 0) is 17.7 Å². The molecule has 0 fully saturated rings. The van der Waals surface area contributed by atoms with Gasteiger partial charge in [0.05, 0.1) is 7.11 Å². The Balaban J connectivity index is 2.01. The lowest BCUT2D eigenvalue weighted by molar-refractivity contribution is 0.220. The molecule has 0 aliphatic heterocycles. The number of carbonyl (C=O) groups is 1. The molecule has 2 aromatic rings. The van der Waals surface area contributed by atoms with Crippen LogP contribution in [0.3, 0.4) is 0 Å². The minimum atomic E-state index is -0.258. The molecule has 0 spiro atoms. The smallest absolute Gasteiger partial charge is 0.323 e. The van der Waals surface area contributed by atoms with Crippen molar-refractivity contribution in [2.75, 3.05) is 19.5 Å². The molecule has 6 nitrogen and oxygen atoms in total. The van der Waals surface area contributed by atoms with Crippen molar-refractivity contribution < 1.29 is 9.53 Å². The summed E-state index contributed by atoms with van der Waals surface area (Å²) >= 11 is 3.46. The minimum absolute atomic E-state index is 0.209. The van der Waals surface area contributed by atoms with Crippen molar-refractivity contribution in [3.63, 3.8) is 0 Å². The van der Waals surface area contributed by atoms with Gasteiger partial charge in [0.15, 0.2) is 0 Å². The topological polar surface area (TPSA) is 67.3 Å². The molecule has 0 saturated heterocycles. The van der Waals surface area contributed by atoms with Crippen LogP contribution in [-0.2, 0) is 6.54 Å². The molecule has 0 bridgehead atoms. The maximum absolute atomic E-state index is 12.1. The van der Waals surface area contributed by atoms with Crippen LogP contribution in [0.25, 0.3) is 0 Å². The number of halogens is 1. The number of hydrogen-bond donors (Lipinski definition) is 1. The zero-order valence-electron chi connectivity index (χ0n) is 11.7. The minimum Gasteiger partial charge on any atom is -0.467 e. The van der Waals surface area contributed by atoms with Gasteiger partial charge in [0.1, 0.15) is 5.82 Å². The first-order valence-electron chi connectivity index (χ1n) is 6.22. The predicted octanol–water partition coefficient (Wildman–Crippen LogP) is 2.91. The molecule has 1 aromatic carbocycles. The van der Waals surface area contributed by atoms with E-state index in [1.54, 1.807) is 18.0 Å². The zero-order valence-corrected chi connectivity index (χ0v) is 13.3. The molecule has 21 heavy (non-hydrogen) atoms. The lowest BCUT2D eigenvalue weighted by Gasteiger charge is -2.18. The number of aromatic nitrogens is 2. The Morgan fingerprint density at radius 2 is 2.14 bits per heavy atom. The summed E-state index contributed by atoms with van der Waals surface area (Å²) in [5.41, 5.74) is 1.02. The molecule has 1 N–H and O–H groups in total. The van der Waals surface area contributed by atoms with Crippen LogP contribution in [0.2, 0.25) is 0 Å². The van der Waals surface area contributed by atoms with Gasteiger partial charge in [-0.2, -0.15) is 4.98 Å². The third-order valence-corrected chi connectivity index (χ3v) is 3.54. The van der Waals surface area contributed by atoms with E-state index < -0.39 is 0 Å². The monoisotopic (exact) mass is 350 g/mol. The fraction of sp³-hybridized carbons (Fsp3) is 0.214. The van der Waals surface area contributed by atoms with Gasteiger partial charge in [0.25, 0.3) is 0 Å². The quantitative estimate of drug-likeness (QED) is 0.920. The van der Waals surface area contributed by atoms with Crippen LogP contribution in [0.5, 0.6) is 6.01 Å². The fourth-order valence-electron chi connectivity index (χ4n) is 1.67. The normalized spacial score (nSPS) is 10.0. The molecule has 1 aromatic heterocycles. The van der Waals surface area contributed by atoms with Crippen LogP contribution in [-0.4, -0.2) is 35.1 Å². The Kier molecular flexibility index (Phi) is 5.10. The summed E-state index contributed by atoms with van der Waals surface area (Å²) < 4.78 is 5.88. The predicted molar refractivity (Wildman–Crippen MR) is 83.2 cm³/mol. The zero-order chi connectivity index (χ0) is 15.2. The molecule has 2 rings (SSSR count). The molecule has 110 valence electrons. The Hall–Kier alpha value is -2.15. The molecule has 0 saturated carbocycles. The Morgan fingerprint density at radius 3 is 2.86 bits per heavy atom. The van der Waals surface area contributed by atoms with Gasteiger partial charge in [-0.3, -0.25) is 5.32 Å². The second kappa shape index (κ2) is 7.03. The molecule has 0 aliphatic rings. The summed E-state index contributed by atoms with van der Waals surface area (Å²) in [6, 6.07) is 9.32. The molecular weight excluding hydrogens is 336 g/mol. The number of nitrogens with one attached hydrogen (secondary N) is 1. The number of benzene rings is 1. The van der Waals surface area contributed by atoms with E-state index in [4.69, 9.17) is 4.74 Å². The number of nitrogens with zero attached hydrogens (tertiary/aromatic N) is 3. The van der Waals surface area contributed by atoms with E-state index in [-0.39, 0.29) is 12.0 Å². The molecular formula is C14H15BrN4O2. The lowest BCUT2D eigenvalue weighted by Crippen LogP contribution is -2.31. The number of urea groups is 1. The highest BCUT2D eigenvalue weighted by atomic mass is 79.9. The molecule has 7 heteroatoms. The standard InChI is InChI=1S/C14H15BrN4O2/c1-19(9-10-5-3-4-6-11(10)15)14(20)18-12-7-8-16-13(17-12)21-2/h3-8H,9H2,1-2H3,(H,16,17,18,20). The first-order valence-corrected chi connectivity index (χ1v) is 7.02. The summed E-state index contributed by atoms with van der Waals surface area (Å²) in [4.78, 5) is 21.6. The van der Waals surface area contributed by atoms with Crippen LogP contribution in [0.15, 0.2) is 41.0 Å². The summed E-state index contributed by atoms with van der Waals surface area (Å²) in [5.74, 6) is 0.394. The molecule has 0 aliphatic carbocycles. The van der Waals surface area contributed by atoms with Crippen molar-refractivity contribution >= 4 is 27.8 Å². The molecule has 2 amide bonds. The molecule has 1 heterocycles. The maximum atomic E-state index is 12.1. The van der Waals surface area contributed by atoms with Gasteiger partial charge in [-0.15, -0.1) is 0 Å². The fourth-order valence-corrected chi connectivity index (χ4v) is 2.08. The second-order valence-electron chi connectivity index (χ2n) is 4.31. The molecule has 0 radical (unpaired) electrons. The van der Waals surface area contributed by atoms with Crippen molar-refractivity contribution in [2.45, 2.75) is 6.54 Å². The van der Waals surface area contributed by atoms with Crippen molar-refractivity contribution in [3.05, 3.63) is 46.6 Å². The number of amides is 2. The van der Waals surface area contributed by atoms with Gasteiger partial charge in [0, 0.05) is 24.3 Å². The summed E-state index contributed by atoms with van der Waals surface area (Å²) in [7, 11) is 3.19. The first kappa shape index (κ1) is 15.2. The number of ether oxygens (including phenoxy) is 1. The van der Waals surface area contributed by atoms with E-state index in [1.807, 2.05) is 24.3 Å². The second-order valence-corrected chi connectivity index (χ2v) is 5.16. The van der Waals surface area contributed by atoms with Gasteiger partial charge < -0.3 is 9.64 Å². The van der Waals surface area contributed by atoms with E-state index >= 15 is 0 Å². The number of anilines is 1. The van der Waals surface area contributed by atoms with Crippen molar-refractivity contribution in [1.29, 1.82) is 0 Å². The third kappa shape index (κ3) is 4.16. The number of carbonyl (C=O) groups excluding carboxylic acids is 1. The summed E-state index contributed by atoms with van der Waals surface area (Å²) in [6.07, 6.45) is 1.52. The van der Waals surface area contributed by atoms with Crippen molar-refractivity contribution in [3.8, 4) is 6.01 Å². The highest BCUT2D eigenvalue weighted by Gasteiger charge is 2.12. The van der Waals surface area contributed by atoms with Gasteiger partial charge in [-0.25, -0.2) is 9.78 Å².